The Morgan fingerprint density at radius 3 is 2.54 bits per heavy atom. The smallest absolute Gasteiger partial charge is 0.416 e. The van der Waals surface area contributed by atoms with E-state index in [1.165, 1.54) is 32.4 Å². The molecule has 0 aliphatic rings. The van der Waals surface area contributed by atoms with Crippen LogP contribution in [0, 0.1) is 0 Å². The van der Waals surface area contributed by atoms with Crippen molar-refractivity contribution in [2.75, 3.05) is 12.4 Å². The summed E-state index contributed by atoms with van der Waals surface area (Å²) in [5, 5.41) is 4.95. The second kappa shape index (κ2) is 7.85. The van der Waals surface area contributed by atoms with E-state index in [1.54, 1.807) is 0 Å². The van der Waals surface area contributed by atoms with Crippen LogP contribution < -0.4 is 15.4 Å². The zero-order chi connectivity index (χ0) is 19.3. The van der Waals surface area contributed by atoms with Crippen molar-refractivity contribution in [3.8, 4) is 5.75 Å². The number of pyridine rings is 1. The summed E-state index contributed by atoms with van der Waals surface area (Å²) in [6, 6.07) is 5.65. The van der Waals surface area contributed by atoms with Gasteiger partial charge in [-0.2, -0.15) is 13.2 Å². The van der Waals surface area contributed by atoms with Crippen molar-refractivity contribution >= 4 is 17.5 Å². The van der Waals surface area contributed by atoms with E-state index in [1.807, 2.05) is 0 Å². The molecule has 138 valence electrons. The summed E-state index contributed by atoms with van der Waals surface area (Å²) in [7, 11) is 1.29. The summed E-state index contributed by atoms with van der Waals surface area (Å²) in [5.74, 6) is -0.789. The number of alkyl halides is 3. The Morgan fingerprint density at radius 2 is 1.92 bits per heavy atom. The third-order valence-electron chi connectivity index (χ3n) is 3.37. The Kier molecular flexibility index (Phi) is 5.81. The summed E-state index contributed by atoms with van der Waals surface area (Å²) >= 11 is 0. The zero-order valence-electron chi connectivity index (χ0n) is 14.0. The van der Waals surface area contributed by atoms with Gasteiger partial charge in [0.25, 0.3) is 5.91 Å². The molecule has 2 rings (SSSR count). The standard InChI is InChI=1S/C17H16F3N3O3/c1-10(24)22-9-13-7-11(5-6-21-13)16(25)23-14-8-12(17(18,19)20)3-4-15(14)26-2/h3-8H,9H2,1-2H3,(H,22,24)(H,23,25). The van der Waals surface area contributed by atoms with Crippen molar-refractivity contribution in [2.24, 2.45) is 0 Å². The van der Waals surface area contributed by atoms with Crippen molar-refractivity contribution in [3.63, 3.8) is 0 Å². The molecule has 26 heavy (non-hydrogen) atoms. The summed E-state index contributed by atoms with van der Waals surface area (Å²) in [6.45, 7) is 1.47. The van der Waals surface area contributed by atoms with Gasteiger partial charge < -0.3 is 15.4 Å². The van der Waals surface area contributed by atoms with Crippen LogP contribution in [-0.4, -0.2) is 23.9 Å². The van der Waals surface area contributed by atoms with Gasteiger partial charge in [-0.1, -0.05) is 0 Å². The normalized spacial score (nSPS) is 11.0. The molecule has 6 nitrogen and oxygen atoms in total. The van der Waals surface area contributed by atoms with E-state index in [-0.39, 0.29) is 29.5 Å². The van der Waals surface area contributed by atoms with Gasteiger partial charge in [0.05, 0.1) is 30.6 Å². The first-order valence-corrected chi connectivity index (χ1v) is 7.46. The van der Waals surface area contributed by atoms with Gasteiger partial charge in [0.15, 0.2) is 0 Å². The lowest BCUT2D eigenvalue weighted by atomic mass is 10.1. The molecule has 0 saturated heterocycles. The molecule has 0 atom stereocenters. The molecule has 2 N–H and O–H groups in total. The second-order valence-electron chi connectivity index (χ2n) is 5.31. The van der Waals surface area contributed by atoms with Crippen LogP contribution in [0.5, 0.6) is 5.75 Å². The quantitative estimate of drug-likeness (QED) is 0.851. The van der Waals surface area contributed by atoms with E-state index in [0.29, 0.717) is 5.69 Å². The Morgan fingerprint density at radius 1 is 1.19 bits per heavy atom. The first kappa shape index (κ1) is 19.2. The lowest BCUT2D eigenvalue weighted by Gasteiger charge is -2.14. The van der Waals surface area contributed by atoms with Crippen LogP contribution in [0.1, 0.15) is 28.5 Å². The van der Waals surface area contributed by atoms with Gasteiger partial charge in [0, 0.05) is 18.7 Å². The molecule has 0 saturated carbocycles. The Balaban J connectivity index is 2.24. The van der Waals surface area contributed by atoms with E-state index < -0.39 is 17.6 Å². The fourth-order valence-electron chi connectivity index (χ4n) is 2.11. The number of carbonyl (C=O) groups excluding carboxylic acids is 2. The van der Waals surface area contributed by atoms with E-state index >= 15 is 0 Å². The molecule has 0 spiro atoms. The molecule has 0 aliphatic carbocycles. The number of ether oxygens (including phenoxy) is 1. The van der Waals surface area contributed by atoms with Gasteiger partial charge in [0.1, 0.15) is 5.75 Å². The minimum absolute atomic E-state index is 0.0962. The number of hydrogen-bond donors (Lipinski definition) is 2. The molecule has 0 radical (unpaired) electrons. The lowest BCUT2D eigenvalue weighted by molar-refractivity contribution is -0.137. The number of rotatable bonds is 5. The van der Waals surface area contributed by atoms with Gasteiger partial charge >= 0.3 is 6.18 Å². The maximum atomic E-state index is 12.9. The number of methoxy groups -OCH3 is 1. The Hall–Kier alpha value is -3.10. The van der Waals surface area contributed by atoms with Crippen LogP contribution in [0.15, 0.2) is 36.5 Å². The first-order valence-electron chi connectivity index (χ1n) is 7.46. The summed E-state index contributed by atoms with van der Waals surface area (Å²) in [4.78, 5) is 27.3. The van der Waals surface area contributed by atoms with Gasteiger partial charge in [-0.3, -0.25) is 14.6 Å². The molecule has 1 heterocycles. The highest BCUT2D eigenvalue weighted by atomic mass is 19.4. The monoisotopic (exact) mass is 367 g/mol. The fraction of sp³-hybridized carbons (Fsp3) is 0.235. The van der Waals surface area contributed by atoms with E-state index in [2.05, 4.69) is 15.6 Å². The molecular formula is C17H16F3N3O3. The van der Waals surface area contributed by atoms with Crippen LogP contribution in [0.4, 0.5) is 18.9 Å². The van der Waals surface area contributed by atoms with E-state index in [9.17, 15) is 22.8 Å². The van der Waals surface area contributed by atoms with Crippen molar-refractivity contribution in [1.29, 1.82) is 0 Å². The van der Waals surface area contributed by atoms with Crippen molar-refractivity contribution < 1.29 is 27.5 Å². The average Bonchev–Trinajstić information content (AvgIpc) is 2.59. The number of hydrogen-bond acceptors (Lipinski definition) is 4. The average molecular weight is 367 g/mol. The van der Waals surface area contributed by atoms with Crippen molar-refractivity contribution in [1.82, 2.24) is 10.3 Å². The molecular weight excluding hydrogens is 351 g/mol. The molecule has 0 aliphatic heterocycles. The molecule has 0 unspecified atom stereocenters. The van der Waals surface area contributed by atoms with Crippen LogP contribution in [0.25, 0.3) is 0 Å². The zero-order valence-corrected chi connectivity index (χ0v) is 14.0. The molecule has 9 heteroatoms. The van der Waals surface area contributed by atoms with E-state index in [0.717, 1.165) is 18.2 Å². The second-order valence-corrected chi connectivity index (χ2v) is 5.31. The SMILES string of the molecule is COc1ccc(C(F)(F)F)cc1NC(=O)c1ccnc(CNC(C)=O)c1. The minimum Gasteiger partial charge on any atom is -0.495 e. The maximum Gasteiger partial charge on any atom is 0.416 e. The molecule has 0 bridgehead atoms. The van der Waals surface area contributed by atoms with Crippen molar-refractivity contribution in [3.05, 3.63) is 53.3 Å². The van der Waals surface area contributed by atoms with Crippen LogP contribution in [0.2, 0.25) is 0 Å². The number of halogens is 3. The third kappa shape index (κ3) is 4.95. The summed E-state index contributed by atoms with van der Waals surface area (Å²) in [6.07, 6.45) is -3.18. The Bertz CT molecular complexity index is 822. The van der Waals surface area contributed by atoms with Gasteiger partial charge in [-0.05, 0) is 30.3 Å². The number of benzene rings is 1. The number of nitrogens with zero attached hydrogens (tertiary/aromatic N) is 1. The number of nitrogens with one attached hydrogen (secondary N) is 2. The first-order chi connectivity index (χ1) is 12.2. The largest absolute Gasteiger partial charge is 0.495 e. The molecule has 2 aromatic rings. The summed E-state index contributed by atoms with van der Waals surface area (Å²) in [5.41, 5.74) is -0.397. The predicted octanol–water partition coefficient (Wildman–Crippen LogP) is 3.00. The van der Waals surface area contributed by atoms with Crippen LogP contribution in [0.3, 0.4) is 0 Å². The Labute approximate surface area is 147 Å². The number of aromatic nitrogens is 1. The van der Waals surface area contributed by atoms with Gasteiger partial charge in [-0.25, -0.2) is 0 Å². The molecule has 1 aromatic carbocycles. The summed E-state index contributed by atoms with van der Waals surface area (Å²) < 4.78 is 43.6. The molecule has 2 amide bonds. The van der Waals surface area contributed by atoms with Crippen LogP contribution in [-0.2, 0) is 17.5 Å². The molecule has 0 fully saturated rings. The fourth-order valence-corrected chi connectivity index (χ4v) is 2.11. The minimum atomic E-state index is -4.55. The number of anilines is 1. The van der Waals surface area contributed by atoms with Crippen LogP contribution >= 0.6 is 0 Å². The highest BCUT2D eigenvalue weighted by Gasteiger charge is 2.31. The highest BCUT2D eigenvalue weighted by Crippen LogP contribution is 2.35. The number of carbonyl (C=O) groups is 2. The predicted molar refractivity (Wildman–Crippen MR) is 87.7 cm³/mol. The molecule has 1 aromatic heterocycles. The maximum absolute atomic E-state index is 12.9. The topological polar surface area (TPSA) is 80.3 Å². The van der Waals surface area contributed by atoms with Gasteiger partial charge in [-0.15, -0.1) is 0 Å². The lowest BCUT2D eigenvalue weighted by Crippen LogP contribution is -2.20. The van der Waals surface area contributed by atoms with Gasteiger partial charge in [0.2, 0.25) is 5.91 Å². The highest BCUT2D eigenvalue weighted by molar-refractivity contribution is 6.05. The van der Waals surface area contributed by atoms with Crippen molar-refractivity contribution in [2.45, 2.75) is 19.6 Å². The van der Waals surface area contributed by atoms with E-state index in [4.69, 9.17) is 4.74 Å². The third-order valence-corrected chi connectivity index (χ3v) is 3.37. The number of amides is 2.